The zero-order valence-corrected chi connectivity index (χ0v) is 29.2. The number of carbonyl (C=O) groups is 2. The van der Waals surface area contributed by atoms with Crippen molar-refractivity contribution in [1.29, 1.82) is 0 Å². The summed E-state index contributed by atoms with van der Waals surface area (Å²) in [5, 5.41) is 1.22. The van der Waals surface area contributed by atoms with E-state index < -0.39 is 14.3 Å². The Morgan fingerprint density at radius 1 is 0.795 bits per heavy atom. The zero-order chi connectivity index (χ0) is 31.9. The van der Waals surface area contributed by atoms with Gasteiger partial charge in [-0.05, 0) is 78.1 Å². The Bertz CT molecular complexity index is 1570. The summed E-state index contributed by atoms with van der Waals surface area (Å²) in [4.78, 5) is 25.8. The summed E-state index contributed by atoms with van der Waals surface area (Å²) in [6.45, 7) is 13.6. The smallest absolute Gasteiger partial charge is 0.355 e. The number of rotatable bonds is 13. The fourth-order valence-electron chi connectivity index (χ4n) is 4.49. The van der Waals surface area contributed by atoms with Crippen LogP contribution in [-0.2, 0) is 4.74 Å². The largest absolute Gasteiger partial charge is 0.543 e. The highest BCUT2D eigenvalue weighted by Crippen LogP contribution is 2.41. The van der Waals surface area contributed by atoms with Crippen LogP contribution in [0.1, 0.15) is 86.2 Å². The molecule has 0 aliphatic carbocycles. The first kappa shape index (κ1) is 33.8. The molecule has 0 spiro atoms. The van der Waals surface area contributed by atoms with Crippen molar-refractivity contribution in [3.05, 3.63) is 82.2 Å². The molecule has 44 heavy (non-hydrogen) atoms. The zero-order valence-electron chi connectivity index (χ0n) is 26.6. The van der Waals surface area contributed by atoms with E-state index in [2.05, 4.69) is 40.8 Å². The maximum absolute atomic E-state index is 13.1. The predicted molar refractivity (Wildman–Crippen MR) is 185 cm³/mol. The van der Waals surface area contributed by atoms with E-state index in [1.54, 1.807) is 24.3 Å². The standard InChI is InChI=1S/C36H43ClO5SSi/c1-7-8-9-10-11-12-23-40-34(38)27-15-13-25(14-16-27)26-17-19-28(20-18-26)41-35(39)33-32(37)30-24-29(21-22-31(30)43-33)42-44(5,6)36(2,3)4/h13-22,24H,7-12,23H2,1-6H3. The lowest BCUT2D eigenvalue weighted by atomic mass is 10.0. The molecule has 0 aliphatic rings. The second-order valence-corrected chi connectivity index (χ2v) is 18.8. The molecule has 0 amide bonds. The highest BCUT2D eigenvalue weighted by Gasteiger charge is 2.39. The summed E-state index contributed by atoms with van der Waals surface area (Å²) in [5.41, 5.74) is 2.41. The van der Waals surface area contributed by atoms with Gasteiger partial charge in [-0.2, -0.15) is 0 Å². The van der Waals surface area contributed by atoms with E-state index in [1.165, 1.54) is 37.0 Å². The average Bonchev–Trinajstić information content (AvgIpc) is 3.32. The average molecular weight is 651 g/mol. The van der Waals surface area contributed by atoms with Gasteiger partial charge in [-0.1, -0.05) is 95.7 Å². The number of esters is 2. The van der Waals surface area contributed by atoms with E-state index in [0.717, 1.165) is 39.8 Å². The Morgan fingerprint density at radius 2 is 1.39 bits per heavy atom. The first-order valence-electron chi connectivity index (χ1n) is 15.4. The van der Waals surface area contributed by atoms with E-state index in [4.69, 9.17) is 25.5 Å². The van der Waals surface area contributed by atoms with Crippen molar-refractivity contribution < 1.29 is 23.5 Å². The maximum Gasteiger partial charge on any atom is 0.355 e. The van der Waals surface area contributed by atoms with Crippen LogP contribution in [0.2, 0.25) is 23.2 Å². The van der Waals surface area contributed by atoms with E-state index in [1.807, 2.05) is 42.5 Å². The summed E-state index contributed by atoms with van der Waals surface area (Å²) >= 11 is 7.99. The molecule has 0 N–H and O–H groups in total. The van der Waals surface area contributed by atoms with E-state index in [-0.39, 0.29) is 11.0 Å². The lowest BCUT2D eigenvalue weighted by Gasteiger charge is -2.36. The molecule has 8 heteroatoms. The molecule has 4 aromatic rings. The first-order valence-corrected chi connectivity index (χ1v) is 19.5. The number of fused-ring (bicyclic) bond motifs is 1. The van der Waals surface area contributed by atoms with E-state index >= 15 is 0 Å². The van der Waals surface area contributed by atoms with Gasteiger partial charge in [-0.3, -0.25) is 0 Å². The Hall–Kier alpha value is -3.13. The molecule has 0 radical (unpaired) electrons. The second-order valence-electron chi connectivity index (χ2n) is 12.7. The van der Waals surface area contributed by atoms with Crippen molar-refractivity contribution in [2.45, 2.75) is 84.4 Å². The quantitative estimate of drug-likeness (QED) is 0.0623. The molecule has 0 saturated heterocycles. The van der Waals surface area contributed by atoms with Crippen LogP contribution in [0.5, 0.6) is 11.5 Å². The Balaban J connectivity index is 1.35. The van der Waals surface area contributed by atoms with E-state index in [9.17, 15) is 9.59 Å². The summed E-state index contributed by atoms with van der Waals surface area (Å²) in [6, 6.07) is 20.4. The predicted octanol–water partition coefficient (Wildman–Crippen LogP) is 11.3. The van der Waals surface area contributed by atoms with Crippen LogP contribution in [0.15, 0.2) is 66.7 Å². The number of benzene rings is 3. The summed E-state index contributed by atoms with van der Waals surface area (Å²) in [7, 11) is -2.02. The van der Waals surface area contributed by atoms with Gasteiger partial charge in [0.1, 0.15) is 16.4 Å². The molecule has 3 aromatic carbocycles. The van der Waals surface area contributed by atoms with Crippen LogP contribution >= 0.6 is 22.9 Å². The van der Waals surface area contributed by atoms with Crippen molar-refractivity contribution in [1.82, 2.24) is 0 Å². The topological polar surface area (TPSA) is 61.8 Å². The molecule has 0 unspecified atom stereocenters. The minimum atomic E-state index is -2.02. The fraction of sp³-hybridized carbons (Fsp3) is 0.389. The number of hydrogen-bond donors (Lipinski definition) is 0. The number of thiophene rings is 1. The summed E-state index contributed by atoms with van der Waals surface area (Å²) in [6.07, 6.45) is 6.89. The molecule has 1 aromatic heterocycles. The number of carbonyl (C=O) groups excluding carboxylic acids is 2. The Morgan fingerprint density at radius 3 is 2.02 bits per heavy atom. The first-order chi connectivity index (χ1) is 20.9. The van der Waals surface area contributed by atoms with Crippen LogP contribution < -0.4 is 9.16 Å². The third-order valence-corrected chi connectivity index (χ3v) is 14.2. The van der Waals surface area contributed by atoms with Crippen LogP contribution in [0.3, 0.4) is 0 Å². The molecule has 234 valence electrons. The van der Waals surface area contributed by atoms with Crippen molar-refractivity contribution in [3.8, 4) is 22.6 Å². The minimum Gasteiger partial charge on any atom is -0.543 e. The van der Waals surface area contributed by atoms with Gasteiger partial charge >= 0.3 is 11.9 Å². The van der Waals surface area contributed by atoms with Crippen molar-refractivity contribution >= 4 is 53.3 Å². The van der Waals surface area contributed by atoms with Gasteiger partial charge in [0, 0.05) is 10.1 Å². The van der Waals surface area contributed by atoms with E-state index in [0.29, 0.717) is 27.8 Å². The maximum atomic E-state index is 13.1. The SMILES string of the molecule is CCCCCCCCOC(=O)c1ccc(-c2ccc(OC(=O)c3sc4ccc(O[Si](C)(C)C(C)(C)C)cc4c3Cl)cc2)cc1. The lowest BCUT2D eigenvalue weighted by Crippen LogP contribution is -2.43. The highest BCUT2D eigenvalue weighted by atomic mass is 35.5. The van der Waals surface area contributed by atoms with Gasteiger partial charge in [-0.15, -0.1) is 11.3 Å². The van der Waals surface area contributed by atoms with Gasteiger partial charge in [0.25, 0.3) is 0 Å². The Labute approximate surface area is 271 Å². The third-order valence-electron chi connectivity index (χ3n) is 8.21. The number of unbranched alkanes of at least 4 members (excludes halogenated alkanes) is 5. The normalized spacial score (nSPS) is 11.9. The summed E-state index contributed by atoms with van der Waals surface area (Å²) < 4.78 is 18.5. The molecule has 5 nitrogen and oxygen atoms in total. The van der Waals surface area contributed by atoms with Gasteiger partial charge < -0.3 is 13.9 Å². The molecule has 0 bridgehead atoms. The number of hydrogen-bond acceptors (Lipinski definition) is 6. The number of ether oxygens (including phenoxy) is 2. The fourth-order valence-corrected chi connectivity index (χ4v) is 6.87. The molecule has 1 heterocycles. The van der Waals surface area contributed by atoms with Gasteiger partial charge in [0.2, 0.25) is 8.32 Å². The summed E-state index contributed by atoms with van der Waals surface area (Å²) in [5.74, 6) is 0.382. The monoisotopic (exact) mass is 650 g/mol. The molecule has 4 rings (SSSR count). The molecular formula is C36H43ClO5SSi. The highest BCUT2D eigenvalue weighted by molar-refractivity contribution is 7.21. The lowest BCUT2D eigenvalue weighted by molar-refractivity contribution is 0.0497. The molecular weight excluding hydrogens is 608 g/mol. The van der Waals surface area contributed by atoms with Gasteiger partial charge in [-0.25, -0.2) is 9.59 Å². The van der Waals surface area contributed by atoms with Crippen molar-refractivity contribution in [2.24, 2.45) is 0 Å². The third kappa shape index (κ3) is 8.52. The molecule has 0 atom stereocenters. The Kier molecular flexibility index (Phi) is 11.3. The van der Waals surface area contributed by atoms with Crippen molar-refractivity contribution in [2.75, 3.05) is 6.61 Å². The number of halogens is 1. The van der Waals surface area contributed by atoms with Crippen LogP contribution in [0, 0.1) is 0 Å². The second kappa shape index (κ2) is 14.8. The minimum absolute atomic E-state index is 0.0645. The van der Waals surface area contributed by atoms with Gasteiger partial charge in [0.05, 0.1) is 17.2 Å². The van der Waals surface area contributed by atoms with Crippen LogP contribution in [0.4, 0.5) is 0 Å². The molecule has 0 aliphatic heterocycles. The van der Waals surface area contributed by atoms with Gasteiger partial charge in [0.15, 0.2) is 0 Å². The van der Waals surface area contributed by atoms with Crippen molar-refractivity contribution in [3.63, 3.8) is 0 Å². The molecule has 0 fully saturated rings. The van der Waals surface area contributed by atoms with Crippen LogP contribution in [0.25, 0.3) is 21.2 Å². The van der Waals surface area contributed by atoms with Crippen LogP contribution in [-0.4, -0.2) is 26.9 Å². The molecule has 0 saturated carbocycles.